The molecule has 0 aliphatic heterocycles. The Morgan fingerprint density at radius 2 is 1.95 bits per heavy atom. The molecule has 0 radical (unpaired) electrons. The molecular weight excluding hydrogens is 314 g/mol. The highest BCUT2D eigenvalue weighted by molar-refractivity contribution is 9.10. The van der Waals surface area contributed by atoms with Crippen molar-refractivity contribution in [2.75, 3.05) is 0 Å². The Morgan fingerprint density at radius 3 is 2.75 bits per heavy atom. The molecule has 20 heavy (non-hydrogen) atoms. The summed E-state index contributed by atoms with van der Waals surface area (Å²) >= 11 is 3.57. The Labute approximate surface area is 128 Å². The summed E-state index contributed by atoms with van der Waals surface area (Å²) in [7, 11) is 0. The van der Waals surface area contributed by atoms with Gasteiger partial charge in [-0.3, -0.25) is 4.68 Å². The SMILES string of the molecule is Brc1ccccc1CNCc1ccn(C2CCCC2)n1. The molecule has 1 aromatic heterocycles. The van der Waals surface area contributed by atoms with Crippen LogP contribution in [0.5, 0.6) is 0 Å². The highest BCUT2D eigenvalue weighted by Gasteiger charge is 2.17. The zero-order valence-corrected chi connectivity index (χ0v) is 13.1. The number of hydrogen-bond donors (Lipinski definition) is 1. The third-order valence-electron chi connectivity index (χ3n) is 3.94. The van der Waals surface area contributed by atoms with Gasteiger partial charge in [0.05, 0.1) is 11.7 Å². The van der Waals surface area contributed by atoms with Crippen molar-refractivity contribution in [2.45, 2.75) is 44.8 Å². The van der Waals surface area contributed by atoms with E-state index in [9.17, 15) is 0 Å². The summed E-state index contributed by atoms with van der Waals surface area (Å²) in [6.07, 6.45) is 7.39. The van der Waals surface area contributed by atoms with Crippen molar-refractivity contribution in [1.29, 1.82) is 0 Å². The van der Waals surface area contributed by atoms with E-state index in [1.165, 1.54) is 31.2 Å². The number of rotatable bonds is 5. The van der Waals surface area contributed by atoms with Crippen LogP contribution in [0.2, 0.25) is 0 Å². The van der Waals surface area contributed by atoms with Crippen molar-refractivity contribution in [3.63, 3.8) is 0 Å². The zero-order valence-electron chi connectivity index (χ0n) is 11.6. The van der Waals surface area contributed by atoms with E-state index in [4.69, 9.17) is 0 Å². The van der Waals surface area contributed by atoms with Crippen molar-refractivity contribution < 1.29 is 0 Å². The van der Waals surface area contributed by atoms with Crippen molar-refractivity contribution in [2.24, 2.45) is 0 Å². The van der Waals surface area contributed by atoms with Gasteiger partial charge in [0.1, 0.15) is 0 Å². The van der Waals surface area contributed by atoms with Gasteiger partial charge in [-0.1, -0.05) is 47.0 Å². The summed E-state index contributed by atoms with van der Waals surface area (Å²) in [5, 5.41) is 8.15. The van der Waals surface area contributed by atoms with Gasteiger partial charge in [-0.2, -0.15) is 5.10 Å². The molecule has 3 rings (SSSR count). The van der Waals surface area contributed by atoms with Crippen LogP contribution in [0.4, 0.5) is 0 Å². The van der Waals surface area contributed by atoms with Gasteiger partial charge >= 0.3 is 0 Å². The third-order valence-corrected chi connectivity index (χ3v) is 4.72. The summed E-state index contributed by atoms with van der Waals surface area (Å²) < 4.78 is 3.31. The van der Waals surface area contributed by atoms with E-state index in [0.717, 1.165) is 23.3 Å². The predicted molar refractivity (Wildman–Crippen MR) is 84.4 cm³/mol. The zero-order chi connectivity index (χ0) is 13.8. The second-order valence-corrected chi connectivity index (χ2v) is 6.27. The van der Waals surface area contributed by atoms with Gasteiger partial charge < -0.3 is 5.32 Å². The highest BCUT2D eigenvalue weighted by Crippen LogP contribution is 2.28. The highest BCUT2D eigenvalue weighted by atomic mass is 79.9. The lowest BCUT2D eigenvalue weighted by molar-refractivity contribution is 0.461. The van der Waals surface area contributed by atoms with E-state index in [2.05, 4.69) is 61.5 Å². The maximum atomic E-state index is 4.69. The molecule has 0 saturated heterocycles. The summed E-state index contributed by atoms with van der Waals surface area (Å²) in [5.41, 5.74) is 2.41. The first kappa shape index (κ1) is 13.8. The maximum absolute atomic E-state index is 4.69. The molecule has 0 unspecified atom stereocenters. The van der Waals surface area contributed by atoms with Crippen molar-refractivity contribution in [3.8, 4) is 0 Å². The van der Waals surface area contributed by atoms with Gasteiger partial charge in [0.25, 0.3) is 0 Å². The van der Waals surface area contributed by atoms with Crippen LogP contribution in [0.25, 0.3) is 0 Å². The molecule has 106 valence electrons. The number of nitrogens with zero attached hydrogens (tertiary/aromatic N) is 2. The van der Waals surface area contributed by atoms with E-state index in [-0.39, 0.29) is 0 Å². The van der Waals surface area contributed by atoms with Crippen molar-refractivity contribution in [3.05, 3.63) is 52.3 Å². The van der Waals surface area contributed by atoms with Crippen molar-refractivity contribution >= 4 is 15.9 Å². The van der Waals surface area contributed by atoms with Crippen LogP contribution in [0.1, 0.15) is 43.0 Å². The minimum atomic E-state index is 0.631. The molecule has 2 aromatic rings. The molecule has 1 saturated carbocycles. The monoisotopic (exact) mass is 333 g/mol. The molecule has 1 heterocycles. The minimum Gasteiger partial charge on any atom is -0.307 e. The first-order valence-electron chi connectivity index (χ1n) is 7.31. The fraction of sp³-hybridized carbons (Fsp3) is 0.438. The number of halogens is 1. The molecule has 0 amide bonds. The molecule has 0 bridgehead atoms. The second-order valence-electron chi connectivity index (χ2n) is 5.42. The topological polar surface area (TPSA) is 29.9 Å². The normalized spacial score (nSPS) is 15.8. The molecule has 1 fully saturated rings. The summed E-state index contributed by atoms with van der Waals surface area (Å²) in [4.78, 5) is 0. The summed E-state index contributed by atoms with van der Waals surface area (Å²) in [6, 6.07) is 11.1. The summed E-state index contributed by atoms with van der Waals surface area (Å²) in [5.74, 6) is 0. The second kappa shape index (κ2) is 6.55. The van der Waals surface area contributed by atoms with Crippen LogP contribution >= 0.6 is 15.9 Å². The van der Waals surface area contributed by atoms with Gasteiger partial charge in [0, 0.05) is 23.8 Å². The predicted octanol–water partition coefficient (Wildman–Crippen LogP) is 4.05. The van der Waals surface area contributed by atoms with Gasteiger partial charge in [-0.15, -0.1) is 0 Å². The Bertz CT molecular complexity index is 558. The van der Waals surface area contributed by atoms with Gasteiger partial charge in [-0.25, -0.2) is 0 Å². The van der Waals surface area contributed by atoms with Crippen LogP contribution in [0, 0.1) is 0 Å². The number of hydrogen-bond acceptors (Lipinski definition) is 2. The minimum absolute atomic E-state index is 0.631. The molecule has 1 aliphatic rings. The number of benzene rings is 1. The standard InChI is InChI=1S/C16H20BrN3/c17-16-8-4-1-5-13(16)11-18-12-14-9-10-20(19-14)15-6-2-3-7-15/h1,4-5,8-10,15,18H,2-3,6-7,11-12H2. The molecule has 1 aliphatic carbocycles. The van der Waals surface area contributed by atoms with Crippen LogP contribution in [0.3, 0.4) is 0 Å². The van der Waals surface area contributed by atoms with Crippen LogP contribution < -0.4 is 5.32 Å². The molecule has 1 N–H and O–H groups in total. The van der Waals surface area contributed by atoms with E-state index in [0.29, 0.717) is 6.04 Å². The summed E-state index contributed by atoms with van der Waals surface area (Å²) in [6.45, 7) is 1.68. The van der Waals surface area contributed by atoms with Crippen LogP contribution in [-0.4, -0.2) is 9.78 Å². The molecule has 3 nitrogen and oxygen atoms in total. The van der Waals surface area contributed by atoms with Crippen LogP contribution in [0.15, 0.2) is 41.0 Å². The molecule has 1 aromatic carbocycles. The largest absolute Gasteiger partial charge is 0.307 e. The Balaban J connectivity index is 1.52. The first-order valence-corrected chi connectivity index (χ1v) is 8.10. The van der Waals surface area contributed by atoms with E-state index in [1.807, 2.05) is 6.07 Å². The van der Waals surface area contributed by atoms with Gasteiger partial charge in [-0.05, 0) is 30.5 Å². The Morgan fingerprint density at radius 1 is 1.15 bits per heavy atom. The number of aromatic nitrogens is 2. The van der Waals surface area contributed by atoms with E-state index < -0.39 is 0 Å². The molecule has 0 spiro atoms. The van der Waals surface area contributed by atoms with E-state index in [1.54, 1.807) is 0 Å². The Hall–Kier alpha value is -1.13. The average Bonchev–Trinajstić information content (AvgIpc) is 3.11. The lowest BCUT2D eigenvalue weighted by atomic mass is 10.2. The fourth-order valence-corrected chi connectivity index (χ4v) is 3.24. The maximum Gasteiger partial charge on any atom is 0.0762 e. The quantitative estimate of drug-likeness (QED) is 0.894. The average molecular weight is 334 g/mol. The third kappa shape index (κ3) is 3.30. The van der Waals surface area contributed by atoms with Gasteiger partial charge in [0.15, 0.2) is 0 Å². The molecular formula is C16H20BrN3. The molecule has 0 atom stereocenters. The smallest absolute Gasteiger partial charge is 0.0762 e. The first-order chi connectivity index (χ1) is 9.83. The van der Waals surface area contributed by atoms with Crippen LogP contribution in [-0.2, 0) is 13.1 Å². The number of nitrogens with one attached hydrogen (secondary N) is 1. The Kier molecular flexibility index (Phi) is 4.53. The van der Waals surface area contributed by atoms with E-state index >= 15 is 0 Å². The molecule has 4 heteroatoms. The lowest BCUT2D eigenvalue weighted by Crippen LogP contribution is -2.14. The van der Waals surface area contributed by atoms with Gasteiger partial charge in [0.2, 0.25) is 0 Å². The fourth-order valence-electron chi connectivity index (χ4n) is 2.81. The lowest BCUT2D eigenvalue weighted by Gasteiger charge is -2.09. The van der Waals surface area contributed by atoms with Crippen molar-refractivity contribution in [1.82, 2.24) is 15.1 Å².